The molecule has 5 nitrogen and oxygen atoms in total. The van der Waals surface area contributed by atoms with Crippen molar-refractivity contribution in [1.29, 1.82) is 0 Å². The Morgan fingerprint density at radius 2 is 2.14 bits per heavy atom. The highest BCUT2D eigenvalue weighted by molar-refractivity contribution is 7.99. The van der Waals surface area contributed by atoms with Crippen LogP contribution in [-0.4, -0.2) is 31.6 Å². The second kappa shape index (κ2) is 6.95. The molecule has 0 spiro atoms. The molecule has 1 atom stereocenters. The first-order chi connectivity index (χ1) is 10.0. The van der Waals surface area contributed by atoms with Gasteiger partial charge in [0.1, 0.15) is 5.82 Å². The molecule has 1 aromatic heterocycles. The number of hydrogen-bond acceptors (Lipinski definition) is 4. The summed E-state index contributed by atoms with van der Waals surface area (Å²) in [6.07, 6.45) is 0.718. The molecule has 2 aromatic rings. The molecule has 0 aliphatic rings. The molecule has 112 valence electrons. The largest absolute Gasteiger partial charge is 0.481 e. The molecule has 0 amide bonds. The first-order valence-corrected chi connectivity index (χ1v) is 7.93. The van der Waals surface area contributed by atoms with Gasteiger partial charge in [0.05, 0.1) is 11.8 Å². The van der Waals surface area contributed by atoms with Crippen LogP contribution in [0.25, 0.3) is 0 Å². The van der Waals surface area contributed by atoms with E-state index in [0.717, 1.165) is 17.8 Å². The van der Waals surface area contributed by atoms with Crippen LogP contribution < -0.4 is 0 Å². The fourth-order valence-electron chi connectivity index (χ4n) is 2.12. The Hall–Kier alpha value is -1.53. The van der Waals surface area contributed by atoms with E-state index < -0.39 is 5.97 Å². The molecule has 1 N–H and O–H groups in total. The summed E-state index contributed by atoms with van der Waals surface area (Å²) in [7, 11) is 0. The van der Waals surface area contributed by atoms with Gasteiger partial charge >= 0.3 is 5.97 Å². The minimum absolute atomic E-state index is 0.0446. The highest BCUT2D eigenvalue weighted by atomic mass is 35.5. The van der Waals surface area contributed by atoms with Crippen molar-refractivity contribution in [1.82, 2.24) is 14.8 Å². The van der Waals surface area contributed by atoms with Gasteiger partial charge in [0, 0.05) is 11.4 Å². The summed E-state index contributed by atoms with van der Waals surface area (Å²) < 4.78 is 1.95. The molecule has 0 radical (unpaired) electrons. The molecule has 2 rings (SSSR count). The summed E-state index contributed by atoms with van der Waals surface area (Å²) in [5, 5.41) is 18.4. The molecule has 1 heterocycles. The monoisotopic (exact) mass is 325 g/mol. The first kappa shape index (κ1) is 15.9. The fraction of sp³-hybridized carbons (Fsp3) is 0.357. The van der Waals surface area contributed by atoms with E-state index >= 15 is 0 Å². The second-order valence-electron chi connectivity index (χ2n) is 4.50. The molecule has 21 heavy (non-hydrogen) atoms. The van der Waals surface area contributed by atoms with Gasteiger partial charge < -0.3 is 5.11 Å². The molecule has 1 unspecified atom stereocenters. The second-order valence-corrected chi connectivity index (χ2v) is 5.85. The van der Waals surface area contributed by atoms with Gasteiger partial charge in [-0.25, -0.2) is 0 Å². The lowest BCUT2D eigenvalue weighted by Crippen LogP contribution is -2.13. The number of nitrogens with zero attached hydrogens (tertiary/aromatic N) is 3. The van der Waals surface area contributed by atoms with Crippen LogP contribution in [0.3, 0.4) is 0 Å². The summed E-state index contributed by atoms with van der Waals surface area (Å²) in [5.41, 5.74) is 0.964. The summed E-state index contributed by atoms with van der Waals surface area (Å²) in [4.78, 5) is 10.8. The lowest BCUT2D eigenvalue weighted by molar-refractivity contribution is -0.133. The molecule has 7 heteroatoms. The Morgan fingerprint density at radius 1 is 1.43 bits per heavy atom. The van der Waals surface area contributed by atoms with Gasteiger partial charge in [-0.05, 0) is 18.6 Å². The number of carboxylic acid groups (broad SMARTS) is 1. The van der Waals surface area contributed by atoms with E-state index in [-0.39, 0.29) is 11.8 Å². The van der Waals surface area contributed by atoms with Crippen LogP contribution in [0.2, 0.25) is 5.02 Å². The van der Waals surface area contributed by atoms with Crippen molar-refractivity contribution < 1.29 is 9.90 Å². The molecule has 0 saturated heterocycles. The predicted molar refractivity (Wildman–Crippen MR) is 83.0 cm³/mol. The SMILES string of the molecule is CCc1nnc(SCC(=O)O)n1C(C)c1ccccc1Cl. The number of carbonyl (C=O) groups is 1. The molecule has 0 fully saturated rings. The van der Waals surface area contributed by atoms with E-state index in [0.29, 0.717) is 10.2 Å². The van der Waals surface area contributed by atoms with Crippen LogP contribution in [0.5, 0.6) is 0 Å². The van der Waals surface area contributed by atoms with Gasteiger partial charge in [0.15, 0.2) is 5.16 Å². The molecule has 0 saturated carbocycles. The Balaban J connectivity index is 2.39. The van der Waals surface area contributed by atoms with Crippen molar-refractivity contribution in [2.45, 2.75) is 31.5 Å². The maximum Gasteiger partial charge on any atom is 0.313 e. The van der Waals surface area contributed by atoms with E-state index in [1.807, 2.05) is 42.7 Å². The van der Waals surface area contributed by atoms with Gasteiger partial charge in [-0.15, -0.1) is 10.2 Å². The summed E-state index contributed by atoms with van der Waals surface area (Å²) in [6.45, 7) is 4.00. The van der Waals surface area contributed by atoms with Crippen LogP contribution >= 0.6 is 23.4 Å². The first-order valence-electron chi connectivity index (χ1n) is 6.57. The van der Waals surface area contributed by atoms with Crippen LogP contribution in [-0.2, 0) is 11.2 Å². The van der Waals surface area contributed by atoms with Crippen LogP contribution in [0.4, 0.5) is 0 Å². The number of aliphatic carboxylic acids is 1. The Bertz CT molecular complexity index is 645. The third-order valence-electron chi connectivity index (χ3n) is 3.12. The lowest BCUT2D eigenvalue weighted by Gasteiger charge is -2.19. The van der Waals surface area contributed by atoms with Crippen molar-refractivity contribution >= 4 is 29.3 Å². The van der Waals surface area contributed by atoms with Crippen molar-refractivity contribution in [3.8, 4) is 0 Å². The number of carboxylic acids is 1. The summed E-state index contributed by atoms with van der Waals surface area (Å²) in [6, 6.07) is 7.55. The van der Waals surface area contributed by atoms with E-state index in [9.17, 15) is 4.79 Å². The van der Waals surface area contributed by atoms with Crippen LogP contribution in [0.15, 0.2) is 29.4 Å². The topological polar surface area (TPSA) is 68.0 Å². The maximum absolute atomic E-state index is 10.8. The summed E-state index contributed by atoms with van der Waals surface area (Å²) >= 11 is 7.42. The molecule has 0 aliphatic heterocycles. The third kappa shape index (κ3) is 3.57. The van der Waals surface area contributed by atoms with E-state index in [1.54, 1.807) is 0 Å². The number of halogens is 1. The van der Waals surface area contributed by atoms with E-state index in [2.05, 4.69) is 10.2 Å². The fourth-order valence-corrected chi connectivity index (χ4v) is 3.16. The zero-order valence-corrected chi connectivity index (χ0v) is 13.4. The van der Waals surface area contributed by atoms with Crippen molar-refractivity contribution in [2.75, 3.05) is 5.75 Å². The normalized spacial score (nSPS) is 12.3. The number of benzene rings is 1. The van der Waals surface area contributed by atoms with Gasteiger partial charge in [0.25, 0.3) is 0 Å². The average Bonchev–Trinajstić information content (AvgIpc) is 2.87. The third-order valence-corrected chi connectivity index (χ3v) is 4.39. The van der Waals surface area contributed by atoms with Crippen molar-refractivity contribution in [3.05, 3.63) is 40.7 Å². The number of rotatable bonds is 6. The number of aromatic nitrogens is 3. The number of thioether (sulfide) groups is 1. The van der Waals surface area contributed by atoms with Crippen LogP contribution in [0.1, 0.15) is 31.3 Å². The standard InChI is InChI=1S/C14H16ClN3O2S/c1-3-12-16-17-14(21-8-13(19)20)18(12)9(2)10-6-4-5-7-11(10)15/h4-7,9H,3,8H2,1-2H3,(H,19,20). The number of hydrogen-bond donors (Lipinski definition) is 1. The Morgan fingerprint density at radius 3 is 2.76 bits per heavy atom. The molecule has 0 aliphatic carbocycles. The summed E-state index contributed by atoms with van der Waals surface area (Å²) in [5.74, 6) is -0.106. The maximum atomic E-state index is 10.8. The molecular weight excluding hydrogens is 310 g/mol. The van der Waals surface area contributed by atoms with E-state index in [4.69, 9.17) is 16.7 Å². The number of aryl methyl sites for hydroxylation is 1. The van der Waals surface area contributed by atoms with E-state index in [1.165, 1.54) is 11.8 Å². The molecule has 1 aromatic carbocycles. The lowest BCUT2D eigenvalue weighted by atomic mass is 10.1. The highest BCUT2D eigenvalue weighted by Crippen LogP contribution is 2.30. The van der Waals surface area contributed by atoms with Crippen molar-refractivity contribution in [3.63, 3.8) is 0 Å². The predicted octanol–water partition coefficient (Wildman–Crippen LogP) is 3.28. The van der Waals surface area contributed by atoms with Crippen molar-refractivity contribution in [2.24, 2.45) is 0 Å². The Kier molecular flexibility index (Phi) is 5.25. The minimum Gasteiger partial charge on any atom is -0.481 e. The smallest absolute Gasteiger partial charge is 0.313 e. The quantitative estimate of drug-likeness (QED) is 0.825. The molecular formula is C14H16ClN3O2S. The van der Waals surface area contributed by atoms with Gasteiger partial charge in [0.2, 0.25) is 0 Å². The minimum atomic E-state index is -0.877. The van der Waals surface area contributed by atoms with Gasteiger partial charge in [-0.2, -0.15) is 0 Å². The van der Waals surface area contributed by atoms with Gasteiger partial charge in [-0.1, -0.05) is 48.5 Å². The highest BCUT2D eigenvalue weighted by Gasteiger charge is 2.20. The van der Waals surface area contributed by atoms with Gasteiger partial charge in [-0.3, -0.25) is 9.36 Å². The van der Waals surface area contributed by atoms with Crippen LogP contribution in [0, 0.1) is 0 Å². The Labute approximate surface area is 132 Å². The average molecular weight is 326 g/mol. The zero-order valence-electron chi connectivity index (χ0n) is 11.8. The molecule has 0 bridgehead atoms. The zero-order chi connectivity index (χ0) is 15.4.